The number of hydrogen-bond acceptors (Lipinski definition) is 5. The van der Waals surface area contributed by atoms with E-state index < -0.39 is 5.91 Å². The molecule has 0 saturated carbocycles. The normalized spacial score (nSPS) is 15.7. The Kier molecular flexibility index (Phi) is 5.42. The highest BCUT2D eigenvalue weighted by atomic mass is 16.3. The molecule has 0 aromatic heterocycles. The minimum Gasteiger partial charge on any atom is -0.508 e. The summed E-state index contributed by atoms with van der Waals surface area (Å²) < 4.78 is 0. The average Bonchev–Trinajstić information content (AvgIpc) is 2.55. The summed E-state index contributed by atoms with van der Waals surface area (Å²) in [6.45, 7) is 2.90. The number of phenols is 1. The first kappa shape index (κ1) is 17.3. The van der Waals surface area contributed by atoms with E-state index in [0.29, 0.717) is 37.2 Å². The van der Waals surface area contributed by atoms with Crippen molar-refractivity contribution in [1.82, 2.24) is 4.90 Å². The first-order chi connectivity index (χ1) is 11.4. The molecule has 2 amide bonds. The molecule has 7 heteroatoms. The lowest BCUT2D eigenvalue weighted by atomic mass is 9.96. The third-order valence-electron chi connectivity index (χ3n) is 4.07. The van der Waals surface area contributed by atoms with Crippen LogP contribution in [0, 0.1) is 24.2 Å². The zero-order valence-corrected chi connectivity index (χ0v) is 13.5. The van der Waals surface area contributed by atoms with Crippen LogP contribution in [0.15, 0.2) is 30.0 Å². The number of hydrogen-bond donors (Lipinski definition) is 3. The van der Waals surface area contributed by atoms with Gasteiger partial charge in [-0.1, -0.05) is 0 Å². The highest BCUT2D eigenvalue weighted by Crippen LogP contribution is 2.21. The number of nitriles is 1. The summed E-state index contributed by atoms with van der Waals surface area (Å²) in [5.41, 5.74) is 6.51. The number of rotatable bonds is 4. The van der Waals surface area contributed by atoms with Crippen molar-refractivity contribution in [3.8, 4) is 11.8 Å². The van der Waals surface area contributed by atoms with Gasteiger partial charge in [-0.05, 0) is 43.5 Å². The van der Waals surface area contributed by atoms with Gasteiger partial charge in [-0.15, -0.1) is 0 Å². The van der Waals surface area contributed by atoms with E-state index in [1.807, 2.05) is 11.0 Å². The van der Waals surface area contributed by atoms with Crippen LogP contribution in [-0.2, 0) is 9.59 Å². The second-order valence-corrected chi connectivity index (χ2v) is 5.82. The Labute approximate surface area is 140 Å². The van der Waals surface area contributed by atoms with Crippen molar-refractivity contribution in [3.63, 3.8) is 0 Å². The largest absolute Gasteiger partial charge is 0.508 e. The summed E-state index contributed by atoms with van der Waals surface area (Å²) in [4.78, 5) is 25.3. The smallest absolute Gasteiger partial charge is 0.267 e. The summed E-state index contributed by atoms with van der Waals surface area (Å²) in [7, 11) is 0. The fourth-order valence-electron chi connectivity index (χ4n) is 2.61. The molecular weight excluding hydrogens is 308 g/mol. The number of phenolic OH excluding ortho intramolecular Hbond substituents is 1. The van der Waals surface area contributed by atoms with E-state index in [-0.39, 0.29) is 23.1 Å². The number of nitrogens with two attached hydrogens (primary N) is 1. The zero-order valence-electron chi connectivity index (χ0n) is 13.5. The molecule has 1 fully saturated rings. The molecule has 126 valence electrons. The van der Waals surface area contributed by atoms with E-state index in [9.17, 15) is 20.0 Å². The van der Waals surface area contributed by atoms with Crippen molar-refractivity contribution >= 4 is 17.5 Å². The van der Waals surface area contributed by atoms with E-state index in [1.165, 1.54) is 18.3 Å². The fraction of sp³-hybridized carbons (Fsp3) is 0.353. The molecule has 1 saturated heterocycles. The molecular formula is C17H20N4O3. The van der Waals surface area contributed by atoms with Gasteiger partial charge in [-0.3, -0.25) is 9.59 Å². The van der Waals surface area contributed by atoms with Gasteiger partial charge in [-0.25, -0.2) is 0 Å². The van der Waals surface area contributed by atoms with Crippen LogP contribution in [0.5, 0.6) is 5.75 Å². The highest BCUT2D eigenvalue weighted by Gasteiger charge is 2.22. The number of aryl methyl sites for hydroxylation is 1. The number of carbonyl (C=O) groups is 2. The van der Waals surface area contributed by atoms with E-state index in [0.717, 1.165) is 0 Å². The van der Waals surface area contributed by atoms with Crippen LogP contribution in [0.3, 0.4) is 0 Å². The fourth-order valence-corrected chi connectivity index (χ4v) is 2.61. The van der Waals surface area contributed by atoms with Crippen molar-refractivity contribution in [1.29, 1.82) is 5.26 Å². The third kappa shape index (κ3) is 4.26. The summed E-state index contributed by atoms with van der Waals surface area (Å²) in [5, 5.41) is 21.3. The lowest BCUT2D eigenvalue weighted by Crippen LogP contribution is -2.36. The van der Waals surface area contributed by atoms with Gasteiger partial charge in [0.2, 0.25) is 5.91 Å². The molecule has 1 aliphatic rings. The minimum absolute atomic E-state index is 0.0139. The number of likely N-dealkylation sites (tertiary alicyclic amines) is 1. The summed E-state index contributed by atoms with van der Waals surface area (Å²) in [6.07, 6.45) is 2.74. The molecule has 0 bridgehead atoms. The molecule has 0 aliphatic carbocycles. The van der Waals surface area contributed by atoms with Gasteiger partial charge in [0.15, 0.2) is 0 Å². The number of carbonyl (C=O) groups excluding carboxylic acids is 2. The van der Waals surface area contributed by atoms with Crippen LogP contribution < -0.4 is 11.1 Å². The number of nitrogens with one attached hydrogen (secondary N) is 1. The second kappa shape index (κ2) is 7.51. The molecule has 1 aromatic rings. The maximum absolute atomic E-state index is 12.3. The third-order valence-corrected chi connectivity index (χ3v) is 4.07. The second-order valence-electron chi connectivity index (χ2n) is 5.82. The Morgan fingerprint density at radius 3 is 2.62 bits per heavy atom. The van der Waals surface area contributed by atoms with Crippen LogP contribution >= 0.6 is 0 Å². The van der Waals surface area contributed by atoms with Crippen LogP contribution in [-0.4, -0.2) is 34.9 Å². The Morgan fingerprint density at radius 1 is 1.42 bits per heavy atom. The number of amides is 2. The van der Waals surface area contributed by atoms with Crippen molar-refractivity contribution in [2.45, 2.75) is 19.8 Å². The number of aromatic hydroxyl groups is 1. The molecule has 1 aliphatic heterocycles. The van der Waals surface area contributed by atoms with E-state index in [2.05, 4.69) is 5.32 Å². The molecule has 1 heterocycles. The molecule has 0 spiro atoms. The highest BCUT2D eigenvalue weighted by molar-refractivity contribution is 6.06. The van der Waals surface area contributed by atoms with Gasteiger partial charge < -0.3 is 21.1 Å². The van der Waals surface area contributed by atoms with Crippen molar-refractivity contribution in [3.05, 3.63) is 35.5 Å². The first-order valence-corrected chi connectivity index (χ1v) is 7.67. The Bertz CT molecular complexity index is 713. The van der Waals surface area contributed by atoms with E-state index in [1.54, 1.807) is 13.0 Å². The first-order valence-electron chi connectivity index (χ1n) is 7.67. The molecule has 0 unspecified atom stereocenters. The Morgan fingerprint density at radius 2 is 2.08 bits per heavy atom. The topological polar surface area (TPSA) is 119 Å². The zero-order chi connectivity index (χ0) is 17.7. The summed E-state index contributed by atoms with van der Waals surface area (Å²) in [6, 6.07) is 6.47. The Balaban J connectivity index is 2.04. The molecule has 1 aromatic carbocycles. The molecule has 0 atom stereocenters. The number of piperidine rings is 1. The Hall–Kier alpha value is -3.01. The van der Waals surface area contributed by atoms with Crippen molar-refractivity contribution in [2.75, 3.05) is 18.4 Å². The molecule has 7 nitrogen and oxygen atoms in total. The quantitative estimate of drug-likeness (QED) is 0.436. The molecule has 4 N–H and O–H groups in total. The molecule has 2 rings (SSSR count). The lowest BCUT2D eigenvalue weighted by Gasteiger charge is -2.29. The number of benzene rings is 1. The van der Waals surface area contributed by atoms with Crippen molar-refractivity contribution < 1.29 is 14.7 Å². The minimum atomic E-state index is -0.511. The van der Waals surface area contributed by atoms with Gasteiger partial charge in [-0.2, -0.15) is 5.26 Å². The average molecular weight is 328 g/mol. The van der Waals surface area contributed by atoms with Crippen molar-refractivity contribution in [2.24, 2.45) is 11.7 Å². The van der Waals surface area contributed by atoms with Crippen LogP contribution in [0.2, 0.25) is 0 Å². The molecule has 0 radical (unpaired) electrons. The maximum atomic E-state index is 12.3. The number of primary amides is 1. The summed E-state index contributed by atoms with van der Waals surface area (Å²) >= 11 is 0. The maximum Gasteiger partial charge on any atom is 0.267 e. The lowest BCUT2D eigenvalue weighted by molar-refractivity contribution is -0.123. The van der Waals surface area contributed by atoms with Crippen LogP contribution in [0.1, 0.15) is 18.4 Å². The standard InChI is InChI=1S/C17H20N4O3/c1-11-8-14(22)2-3-15(11)20-17(24)13(9-18)10-21-6-4-12(5-7-21)16(19)23/h2-3,8,10,12,22H,4-7H2,1H3,(H2,19,23)(H,20,24)/b13-10-. The predicted molar refractivity (Wildman–Crippen MR) is 88.7 cm³/mol. The van der Waals surface area contributed by atoms with Gasteiger partial charge in [0.1, 0.15) is 17.4 Å². The summed E-state index contributed by atoms with van der Waals surface area (Å²) in [5.74, 6) is -0.851. The SMILES string of the molecule is Cc1cc(O)ccc1NC(=O)/C(C#N)=C\N1CCC(C(N)=O)CC1. The van der Waals surface area contributed by atoms with E-state index >= 15 is 0 Å². The van der Waals surface area contributed by atoms with E-state index in [4.69, 9.17) is 5.73 Å². The number of anilines is 1. The predicted octanol–water partition coefficient (Wildman–Crippen LogP) is 1.24. The van der Waals surface area contributed by atoms with Gasteiger partial charge in [0, 0.05) is 30.9 Å². The van der Waals surface area contributed by atoms with Gasteiger partial charge in [0.05, 0.1) is 0 Å². The van der Waals surface area contributed by atoms with Gasteiger partial charge in [0.25, 0.3) is 5.91 Å². The van der Waals surface area contributed by atoms with Crippen LogP contribution in [0.4, 0.5) is 5.69 Å². The molecule has 24 heavy (non-hydrogen) atoms. The van der Waals surface area contributed by atoms with Gasteiger partial charge >= 0.3 is 0 Å². The monoisotopic (exact) mass is 328 g/mol. The van der Waals surface area contributed by atoms with Crippen LogP contribution in [0.25, 0.3) is 0 Å². The number of nitrogens with zero attached hydrogens (tertiary/aromatic N) is 2.